The summed E-state index contributed by atoms with van der Waals surface area (Å²) in [5.41, 5.74) is 1.40. The van der Waals surface area contributed by atoms with E-state index in [1.54, 1.807) is 24.3 Å². The van der Waals surface area contributed by atoms with Crippen molar-refractivity contribution in [2.45, 2.75) is 13.8 Å². The molecule has 8 nitrogen and oxygen atoms in total. The zero-order valence-electron chi connectivity index (χ0n) is 22.7. The molecule has 212 valence electrons. The second-order valence-corrected chi connectivity index (χ2v) is 8.17. The van der Waals surface area contributed by atoms with Crippen molar-refractivity contribution < 1.29 is 61.9 Å². The average molecular weight is 596 g/mol. The van der Waals surface area contributed by atoms with Gasteiger partial charge in [0, 0.05) is 46.0 Å². The van der Waals surface area contributed by atoms with Crippen LogP contribution >= 0.6 is 0 Å². The van der Waals surface area contributed by atoms with Crippen molar-refractivity contribution in [1.82, 2.24) is 0 Å². The quantitative estimate of drug-likeness (QED) is 0.0775. The SMILES string of the molecule is C/C(O)=C/C(=[OH+])c1ccccc1.C/C(O)=C/C(=[OH+])c1ccccc1.Oc1ccc([OH2+])cc1.Oc1ccc([OH2+])cc1.[Ti]. The molecule has 0 bridgehead atoms. The Morgan fingerprint density at radius 1 is 0.537 bits per heavy atom. The summed E-state index contributed by atoms with van der Waals surface area (Å²) in [6, 6.07) is 30.2. The van der Waals surface area contributed by atoms with Gasteiger partial charge in [0.05, 0.1) is 34.8 Å². The minimum absolute atomic E-state index is 0. The van der Waals surface area contributed by atoms with E-state index in [0.29, 0.717) is 22.6 Å². The van der Waals surface area contributed by atoms with Gasteiger partial charge in [-0.2, -0.15) is 0 Å². The summed E-state index contributed by atoms with van der Waals surface area (Å²) in [6.07, 6.45) is 2.63. The molecule has 9 heteroatoms. The van der Waals surface area contributed by atoms with Crippen LogP contribution < -0.4 is 0 Å². The van der Waals surface area contributed by atoms with Crippen molar-refractivity contribution in [2.24, 2.45) is 0 Å². The van der Waals surface area contributed by atoms with E-state index in [9.17, 15) is 9.59 Å². The van der Waals surface area contributed by atoms with Gasteiger partial charge in [-0.15, -0.1) is 0 Å². The fourth-order valence-corrected chi connectivity index (χ4v) is 2.70. The first-order valence-electron chi connectivity index (χ1n) is 12.0. The van der Waals surface area contributed by atoms with E-state index in [-0.39, 0.29) is 56.3 Å². The van der Waals surface area contributed by atoms with Crippen LogP contribution in [-0.4, -0.2) is 51.8 Å². The molecule has 0 aliphatic rings. The van der Waals surface area contributed by atoms with Gasteiger partial charge in [-0.25, -0.2) is 0 Å². The van der Waals surface area contributed by atoms with Crippen molar-refractivity contribution in [3.63, 3.8) is 0 Å². The summed E-state index contributed by atoms with van der Waals surface area (Å²) >= 11 is 0. The number of hydrogen-bond donors (Lipinski definition) is 4. The topological polar surface area (TPSA) is 170 Å². The molecule has 0 heterocycles. The van der Waals surface area contributed by atoms with Gasteiger partial charge in [-0.1, -0.05) is 36.4 Å². The Hall–Kier alpha value is -4.79. The maximum Gasteiger partial charge on any atom is 0.350 e. The number of aliphatic hydroxyl groups is 2. The minimum atomic E-state index is 0. The smallest absolute Gasteiger partial charge is 0.350 e. The number of allylic oxidation sites excluding steroid dienone is 4. The molecule has 0 radical (unpaired) electrons. The molecule has 0 saturated carbocycles. The van der Waals surface area contributed by atoms with Gasteiger partial charge in [0.2, 0.25) is 0 Å². The third kappa shape index (κ3) is 17.4. The van der Waals surface area contributed by atoms with Gasteiger partial charge in [0.15, 0.2) is 0 Å². The Morgan fingerprint density at radius 3 is 1.02 bits per heavy atom. The number of ketones is 2. The molecule has 0 amide bonds. The van der Waals surface area contributed by atoms with Crippen molar-refractivity contribution >= 4 is 11.6 Å². The predicted molar refractivity (Wildman–Crippen MR) is 160 cm³/mol. The molecular formula is C32H36O8Ti+4. The molecule has 0 aliphatic carbocycles. The second-order valence-electron chi connectivity index (χ2n) is 8.17. The Bertz CT molecular complexity index is 1210. The number of rotatable bonds is 4. The number of hydrogen-bond acceptors (Lipinski definition) is 4. The largest absolute Gasteiger partial charge is 0.593 e. The van der Waals surface area contributed by atoms with Gasteiger partial charge < -0.3 is 30.6 Å². The number of carbonyl (C=O) groups excluding carboxylic acids is 2. The van der Waals surface area contributed by atoms with E-state index in [4.69, 9.17) is 30.6 Å². The van der Waals surface area contributed by atoms with Gasteiger partial charge in [-0.05, 0) is 62.4 Å². The van der Waals surface area contributed by atoms with Crippen LogP contribution in [0.2, 0.25) is 0 Å². The number of aromatic hydroxyl groups is 2. The molecule has 4 rings (SSSR count). The molecule has 4 aromatic carbocycles. The Balaban J connectivity index is 0.000000525. The predicted octanol–water partition coefficient (Wildman–Crippen LogP) is 5.74. The maximum atomic E-state index is 9.37. The zero-order valence-corrected chi connectivity index (χ0v) is 24.3. The molecule has 0 spiro atoms. The van der Waals surface area contributed by atoms with Crippen LogP contribution in [0.25, 0.3) is 0 Å². The Kier molecular flexibility index (Phi) is 17.8. The van der Waals surface area contributed by atoms with Crippen LogP contribution in [0.4, 0.5) is 0 Å². The summed E-state index contributed by atoms with van der Waals surface area (Å²) < 4.78 is 0. The van der Waals surface area contributed by atoms with Gasteiger partial charge in [0.1, 0.15) is 11.5 Å². The van der Waals surface area contributed by atoms with E-state index in [0.717, 1.165) is 0 Å². The molecule has 0 saturated heterocycles. The Labute approximate surface area is 253 Å². The fourth-order valence-electron chi connectivity index (χ4n) is 2.70. The monoisotopic (exact) mass is 596 g/mol. The summed E-state index contributed by atoms with van der Waals surface area (Å²) in [6.45, 7) is 3.03. The van der Waals surface area contributed by atoms with Crippen LogP contribution in [0, 0.1) is 0 Å². The molecule has 0 aliphatic heterocycles. The van der Waals surface area contributed by atoms with Crippen LogP contribution in [0.5, 0.6) is 23.0 Å². The minimum Gasteiger partial charge on any atom is -0.593 e. The van der Waals surface area contributed by atoms with Crippen LogP contribution in [-0.2, 0) is 21.7 Å². The second kappa shape index (κ2) is 20.2. The van der Waals surface area contributed by atoms with E-state index in [1.807, 2.05) is 36.4 Å². The first-order chi connectivity index (χ1) is 19.0. The van der Waals surface area contributed by atoms with E-state index >= 15 is 0 Å². The van der Waals surface area contributed by atoms with Crippen molar-refractivity contribution in [3.8, 4) is 23.0 Å². The summed E-state index contributed by atoms with van der Waals surface area (Å²) in [4.78, 5) is 18.7. The molecule has 0 fully saturated rings. The summed E-state index contributed by atoms with van der Waals surface area (Å²) in [5, 5.41) is 49.0. The third-order valence-electron chi connectivity index (χ3n) is 4.56. The standard InChI is InChI=1S/2C10H10O2.2C6H6O2.Ti/c2*1-8(11)7-10(12)9-5-3-2-4-6-9;2*7-5-1-2-6(8)4-3-5;/h2*2-7,11H,1H3;2*1-4,7-8H;/p+4/b2*8-7-;;;. The number of phenolic OH excluding ortho intramolecular Hbond substituents is 2. The van der Waals surface area contributed by atoms with E-state index in [2.05, 4.69) is 0 Å². The maximum absolute atomic E-state index is 9.37. The number of aliphatic hydroxyl groups excluding tert-OH is 2. The van der Waals surface area contributed by atoms with Crippen molar-refractivity contribution in [2.75, 3.05) is 0 Å². The fraction of sp³-hybridized carbons (Fsp3) is 0.0625. The van der Waals surface area contributed by atoms with Gasteiger partial charge in [0.25, 0.3) is 11.5 Å². The summed E-state index contributed by atoms with van der Waals surface area (Å²) in [7, 11) is 0. The molecule has 0 atom stereocenters. The van der Waals surface area contributed by atoms with Crippen LogP contribution in [0.3, 0.4) is 0 Å². The van der Waals surface area contributed by atoms with Crippen molar-refractivity contribution in [1.29, 1.82) is 0 Å². The van der Waals surface area contributed by atoms with Crippen LogP contribution in [0.15, 0.2) is 133 Å². The molecule has 41 heavy (non-hydrogen) atoms. The first kappa shape index (κ1) is 36.2. The molecule has 0 unspecified atom stereocenters. The van der Waals surface area contributed by atoms with E-state index < -0.39 is 0 Å². The molecule has 10 N–H and O–H groups in total. The van der Waals surface area contributed by atoms with Gasteiger partial charge in [-0.3, -0.25) is 9.59 Å². The van der Waals surface area contributed by atoms with Crippen LogP contribution in [0.1, 0.15) is 25.0 Å². The number of phenols is 2. The third-order valence-corrected chi connectivity index (χ3v) is 4.56. The normalized spacial score (nSPS) is 10.1. The zero-order chi connectivity index (χ0) is 29.9. The summed E-state index contributed by atoms with van der Waals surface area (Å²) in [5.74, 6) is 1.60. The van der Waals surface area contributed by atoms with Crippen molar-refractivity contribution in [3.05, 3.63) is 144 Å². The molecular weight excluding hydrogens is 560 g/mol. The van der Waals surface area contributed by atoms with E-state index in [1.165, 1.54) is 74.5 Å². The molecule has 4 aromatic rings. The average Bonchev–Trinajstić information content (AvgIpc) is 2.93. The number of benzene rings is 4. The Morgan fingerprint density at radius 2 is 0.805 bits per heavy atom. The van der Waals surface area contributed by atoms with Gasteiger partial charge >= 0.3 is 11.6 Å². The first-order valence-corrected chi connectivity index (χ1v) is 12.0. The molecule has 0 aromatic heterocycles.